The lowest BCUT2D eigenvalue weighted by molar-refractivity contribution is 0.0272. The summed E-state index contributed by atoms with van der Waals surface area (Å²) in [5.41, 5.74) is -0.493. The second kappa shape index (κ2) is 7.87. The van der Waals surface area contributed by atoms with Crippen molar-refractivity contribution in [2.75, 3.05) is 33.3 Å². The van der Waals surface area contributed by atoms with Gasteiger partial charge in [0, 0.05) is 32.8 Å². The number of hydrogen-bond donors (Lipinski definition) is 2. The lowest BCUT2D eigenvalue weighted by atomic mass is 9.98. The van der Waals surface area contributed by atoms with Gasteiger partial charge in [0.2, 0.25) is 0 Å². The first-order valence-electron chi connectivity index (χ1n) is 7.69. The summed E-state index contributed by atoms with van der Waals surface area (Å²) in [5, 5.41) is 3.42. The molecule has 0 aromatic carbocycles. The van der Waals surface area contributed by atoms with Gasteiger partial charge in [0.15, 0.2) is 0 Å². The van der Waals surface area contributed by atoms with Gasteiger partial charge >= 0.3 is 0 Å². The van der Waals surface area contributed by atoms with E-state index < -0.39 is 15.8 Å². The molecule has 1 aliphatic heterocycles. The summed E-state index contributed by atoms with van der Waals surface area (Å²) in [6, 6.07) is 0.477. The second-order valence-electron chi connectivity index (χ2n) is 6.70. The molecule has 7 heteroatoms. The van der Waals surface area contributed by atoms with Crippen molar-refractivity contribution >= 4 is 10.2 Å². The zero-order chi connectivity index (χ0) is 16.1. The molecule has 6 nitrogen and oxygen atoms in total. The molecule has 0 aromatic heterocycles. The maximum absolute atomic E-state index is 12.3. The van der Waals surface area contributed by atoms with Crippen molar-refractivity contribution in [1.82, 2.24) is 14.3 Å². The van der Waals surface area contributed by atoms with Crippen molar-refractivity contribution in [1.29, 1.82) is 0 Å². The molecule has 0 bridgehead atoms. The van der Waals surface area contributed by atoms with E-state index in [1.165, 1.54) is 0 Å². The third kappa shape index (κ3) is 6.61. The van der Waals surface area contributed by atoms with E-state index in [2.05, 4.69) is 23.9 Å². The summed E-state index contributed by atoms with van der Waals surface area (Å²) >= 11 is 0. The van der Waals surface area contributed by atoms with E-state index in [-0.39, 0.29) is 6.54 Å². The Morgan fingerprint density at radius 3 is 2.33 bits per heavy atom. The van der Waals surface area contributed by atoms with Crippen LogP contribution >= 0.6 is 0 Å². The van der Waals surface area contributed by atoms with Crippen molar-refractivity contribution in [2.24, 2.45) is 5.92 Å². The summed E-state index contributed by atoms with van der Waals surface area (Å²) in [7, 11) is -1.81. The zero-order valence-corrected chi connectivity index (χ0v) is 14.8. The van der Waals surface area contributed by atoms with E-state index in [9.17, 15) is 8.42 Å². The lowest BCUT2D eigenvalue weighted by Gasteiger charge is -2.32. The zero-order valence-electron chi connectivity index (χ0n) is 14.0. The molecular weight excluding hydrogens is 290 g/mol. The minimum Gasteiger partial charge on any atom is -0.377 e. The number of nitrogens with zero attached hydrogens (tertiary/aromatic N) is 1. The Labute approximate surface area is 129 Å². The van der Waals surface area contributed by atoms with E-state index in [0.717, 1.165) is 19.4 Å². The molecule has 0 saturated carbocycles. The molecule has 1 rings (SSSR count). The molecule has 0 unspecified atom stereocenters. The van der Waals surface area contributed by atoms with Crippen LogP contribution in [0.1, 0.15) is 40.5 Å². The number of nitrogens with one attached hydrogen (secondary N) is 2. The van der Waals surface area contributed by atoms with Crippen molar-refractivity contribution in [3.63, 3.8) is 0 Å². The van der Waals surface area contributed by atoms with Crippen molar-refractivity contribution in [3.8, 4) is 0 Å². The fraction of sp³-hybridized carbons (Fsp3) is 1.00. The van der Waals surface area contributed by atoms with Crippen LogP contribution in [0, 0.1) is 5.92 Å². The standard InChI is InChI=1S/C14H31N3O3S/c1-12(2)15-10-13-6-8-17(9-7-13)21(18,19)16-11-14(3,4)20-5/h12-13,15-16H,6-11H2,1-5H3. The van der Waals surface area contributed by atoms with Gasteiger partial charge in [-0.3, -0.25) is 0 Å². The second-order valence-corrected chi connectivity index (χ2v) is 8.45. The van der Waals surface area contributed by atoms with Gasteiger partial charge < -0.3 is 10.1 Å². The van der Waals surface area contributed by atoms with Crippen LogP contribution in [-0.2, 0) is 14.9 Å². The van der Waals surface area contributed by atoms with Crippen molar-refractivity contribution in [3.05, 3.63) is 0 Å². The largest absolute Gasteiger partial charge is 0.377 e. The van der Waals surface area contributed by atoms with Gasteiger partial charge in [-0.1, -0.05) is 13.8 Å². The van der Waals surface area contributed by atoms with E-state index in [1.807, 2.05) is 13.8 Å². The number of rotatable bonds is 8. The molecule has 1 saturated heterocycles. The summed E-state index contributed by atoms with van der Waals surface area (Å²) in [6.07, 6.45) is 1.82. The van der Waals surface area contributed by atoms with Gasteiger partial charge in [0.1, 0.15) is 0 Å². The molecule has 126 valence electrons. The number of hydrogen-bond acceptors (Lipinski definition) is 4. The average molecular weight is 321 g/mol. The maximum Gasteiger partial charge on any atom is 0.279 e. The number of piperidine rings is 1. The van der Waals surface area contributed by atoms with E-state index >= 15 is 0 Å². The molecule has 21 heavy (non-hydrogen) atoms. The Bertz CT molecular complexity index is 402. The number of ether oxygens (including phenoxy) is 1. The summed E-state index contributed by atoms with van der Waals surface area (Å²) in [6.45, 7) is 10.4. The van der Waals surface area contributed by atoms with Gasteiger partial charge in [0.05, 0.1) is 5.60 Å². The summed E-state index contributed by atoms with van der Waals surface area (Å²) in [5.74, 6) is 0.564. The molecule has 1 aliphatic rings. The minimum atomic E-state index is -3.40. The molecule has 0 aliphatic carbocycles. The average Bonchev–Trinajstić information content (AvgIpc) is 2.44. The van der Waals surface area contributed by atoms with Crippen LogP contribution < -0.4 is 10.0 Å². The Balaban J connectivity index is 2.41. The Morgan fingerprint density at radius 1 is 1.29 bits per heavy atom. The van der Waals surface area contributed by atoms with Crippen LogP contribution in [0.5, 0.6) is 0 Å². The molecule has 1 fully saturated rings. The fourth-order valence-corrected chi connectivity index (χ4v) is 3.59. The first-order chi connectivity index (χ1) is 9.66. The van der Waals surface area contributed by atoms with Crippen molar-refractivity contribution in [2.45, 2.75) is 52.2 Å². The third-order valence-corrected chi connectivity index (χ3v) is 5.52. The highest BCUT2D eigenvalue weighted by molar-refractivity contribution is 7.87. The predicted molar refractivity (Wildman–Crippen MR) is 85.4 cm³/mol. The molecule has 0 spiro atoms. The maximum atomic E-state index is 12.3. The molecular formula is C14H31N3O3S. The highest BCUT2D eigenvalue weighted by atomic mass is 32.2. The van der Waals surface area contributed by atoms with Crippen LogP contribution in [-0.4, -0.2) is 57.7 Å². The predicted octanol–water partition coefficient (Wildman–Crippen LogP) is 0.956. The molecule has 0 aromatic rings. The SMILES string of the molecule is COC(C)(C)CNS(=O)(=O)N1CCC(CNC(C)C)CC1. The van der Waals surface area contributed by atoms with Crippen LogP contribution in [0.25, 0.3) is 0 Å². The lowest BCUT2D eigenvalue weighted by Crippen LogP contribution is -2.49. The van der Waals surface area contributed by atoms with E-state index in [0.29, 0.717) is 25.0 Å². The Kier molecular flexibility index (Phi) is 7.06. The first-order valence-corrected chi connectivity index (χ1v) is 9.13. The molecule has 0 radical (unpaired) electrons. The Morgan fingerprint density at radius 2 is 1.86 bits per heavy atom. The van der Waals surface area contributed by atoms with E-state index in [1.54, 1.807) is 11.4 Å². The summed E-state index contributed by atoms with van der Waals surface area (Å²) < 4.78 is 34.0. The van der Waals surface area contributed by atoms with Gasteiger partial charge in [-0.05, 0) is 39.2 Å². The molecule has 2 N–H and O–H groups in total. The monoisotopic (exact) mass is 321 g/mol. The molecule has 0 atom stereocenters. The Hall–Kier alpha value is -0.210. The van der Waals surface area contributed by atoms with Gasteiger partial charge in [-0.25, -0.2) is 0 Å². The van der Waals surface area contributed by atoms with Gasteiger partial charge in [-0.15, -0.1) is 0 Å². The minimum absolute atomic E-state index is 0.278. The van der Waals surface area contributed by atoms with E-state index in [4.69, 9.17) is 4.74 Å². The highest BCUT2D eigenvalue weighted by Crippen LogP contribution is 2.19. The van der Waals surface area contributed by atoms with Crippen LogP contribution in [0.2, 0.25) is 0 Å². The van der Waals surface area contributed by atoms with Gasteiger partial charge in [0.25, 0.3) is 10.2 Å². The third-order valence-electron chi connectivity index (χ3n) is 3.96. The number of methoxy groups -OCH3 is 1. The smallest absolute Gasteiger partial charge is 0.279 e. The van der Waals surface area contributed by atoms with Crippen LogP contribution in [0.4, 0.5) is 0 Å². The molecule has 0 amide bonds. The molecule has 1 heterocycles. The topological polar surface area (TPSA) is 70.7 Å². The first kappa shape index (κ1) is 18.8. The summed E-state index contributed by atoms with van der Waals surface area (Å²) in [4.78, 5) is 0. The fourth-order valence-electron chi connectivity index (χ4n) is 2.18. The van der Waals surface area contributed by atoms with Crippen LogP contribution in [0.15, 0.2) is 0 Å². The van der Waals surface area contributed by atoms with Crippen molar-refractivity contribution < 1.29 is 13.2 Å². The normalized spacial score (nSPS) is 19.3. The van der Waals surface area contributed by atoms with Crippen LogP contribution in [0.3, 0.4) is 0 Å². The highest BCUT2D eigenvalue weighted by Gasteiger charge is 2.29. The quantitative estimate of drug-likeness (QED) is 0.698. The van der Waals surface area contributed by atoms with Gasteiger partial charge in [-0.2, -0.15) is 17.4 Å².